The quantitative estimate of drug-likeness (QED) is 0.607. The maximum absolute atomic E-state index is 12.3. The van der Waals surface area contributed by atoms with Crippen LogP contribution in [0.3, 0.4) is 0 Å². The molecule has 0 spiro atoms. The molecular weight excluding hydrogens is 378 g/mol. The van der Waals surface area contributed by atoms with E-state index in [-0.39, 0.29) is 5.57 Å². The van der Waals surface area contributed by atoms with E-state index in [1.54, 1.807) is 18.2 Å². The van der Waals surface area contributed by atoms with E-state index in [4.69, 9.17) is 0 Å². The molecular formula is C20H18BrN3O. The van der Waals surface area contributed by atoms with Crippen LogP contribution in [-0.2, 0) is 4.79 Å². The van der Waals surface area contributed by atoms with Crippen molar-refractivity contribution in [1.29, 1.82) is 5.26 Å². The molecule has 25 heavy (non-hydrogen) atoms. The molecule has 1 fully saturated rings. The van der Waals surface area contributed by atoms with Gasteiger partial charge in [-0.25, -0.2) is 0 Å². The van der Waals surface area contributed by atoms with Gasteiger partial charge in [-0.2, -0.15) is 5.26 Å². The molecule has 0 saturated carbocycles. The van der Waals surface area contributed by atoms with Crippen molar-refractivity contribution in [2.24, 2.45) is 0 Å². The summed E-state index contributed by atoms with van der Waals surface area (Å²) in [6.07, 6.45) is 4.08. The molecule has 1 saturated heterocycles. The molecule has 1 amide bonds. The Hall–Kier alpha value is -2.58. The fraction of sp³-hybridized carbons (Fsp3) is 0.200. The lowest BCUT2D eigenvalue weighted by Gasteiger charge is -2.17. The molecule has 2 aromatic rings. The number of hydrogen-bond donors (Lipinski definition) is 1. The van der Waals surface area contributed by atoms with Crippen molar-refractivity contribution in [3.63, 3.8) is 0 Å². The van der Waals surface area contributed by atoms with Crippen LogP contribution in [-0.4, -0.2) is 19.0 Å². The topological polar surface area (TPSA) is 56.1 Å². The zero-order valence-corrected chi connectivity index (χ0v) is 15.3. The fourth-order valence-corrected chi connectivity index (χ4v) is 3.07. The van der Waals surface area contributed by atoms with Crippen LogP contribution in [0.1, 0.15) is 18.4 Å². The average Bonchev–Trinajstić information content (AvgIpc) is 3.16. The molecule has 1 aliphatic heterocycles. The Kier molecular flexibility index (Phi) is 5.52. The fourth-order valence-electron chi connectivity index (χ4n) is 2.80. The van der Waals surface area contributed by atoms with Gasteiger partial charge in [0, 0.05) is 28.9 Å². The summed E-state index contributed by atoms with van der Waals surface area (Å²) in [5.41, 5.74) is 2.76. The lowest BCUT2D eigenvalue weighted by molar-refractivity contribution is -0.112. The van der Waals surface area contributed by atoms with Gasteiger partial charge < -0.3 is 10.2 Å². The molecule has 0 atom stereocenters. The zero-order chi connectivity index (χ0) is 17.6. The normalized spacial score (nSPS) is 14.2. The summed E-state index contributed by atoms with van der Waals surface area (Å²) in [5, 5.41) is 12.0. The van der Waals surface area contributed by atoms with E-state index >= 15 is 0 Å². The molecule has 1 aliphatic rings. The number of amides is 1. The Balaban J connectivity index is 1.71. The molecule has 0 bridgehead atoms. The van der Waals surface area contributed by atoms with E-state index in [2.05, 4.69) is 26.1 Å². The van der Waals surface area contributed by atoms with E-state index in [0.29, 0.717) is 5.69 Å². The van der Waals surface area contributed by atoms with Crippen LogP contribution >= 0.6 is 15.9 Å². The summed E-state index contributed by atoms with van der Waals surface area (Å²) in [4.78, 5) is 14.6. The van der Waals surface area contributed by atoms with Crippen molar-refractivity contribution >= 4 is 39.3 Å². The van der Waals surface area contributed by atoms with Gasteiger partial charge in [-0.05, 0) is 60.9 Å². The van der Waals surface area contributed by atoms with E-state index in [1.807, 2.05) is 42.5 Å². The molecule has 3 rings (SSSR count). The second-order valence-corrected chi connectivity index (χ2v) is 6.83. The Labute approximate surface area is 155 Å². The number of benzene rings is 2. The van der Waals surface area contributed by atoms with Crippen molar-refractivity contribution in [1.82, 2.24) is 0 Å². The largest absolute Gasteiger partial charge is 0.372 e. The minimum atomic E-state index is -0.409. The molecule has 0 radical (unpaired) electrons. The van der Waals surface area contributed by atoms with Crippen LogP contribution in [0.5, 0.6) is 0 Å². The third kappa shape index (κ3) is 4.49. The minimum Gasteiger partial charge on any atom is -0.372 e. The second-order valence-electron chi connectivity index (χ2n) is 5.92. The smallest absolute Gasteiger partial charge is 0.266 e. The highest BCUT2D eigenvalue weighted by molar-refractivity contribution is 9.10. The van der Waals surface area contributed by atoms with Crippen LogP contribution in [0.2, 0.25) is 0 Å². The Morgan fingerprint density at radius 2 is 1.72 bits per heavy atom. The van der Waals surface area contributed by atoms with Gasteiger partial charge in [0.1, 0.15) is 11.6 Å². The monoisotopic (exact) mass is 395 g/mol. The van der Waals surface area contributed by atoms with Gasteiger partial charge >= 0.3 is 0 Å². The summed E-state index contributed by atoms with van der Waals surface area (Å²) in [6, 6.07) is 17.2. The molecule has 1 N–H and O–H groups in total. The number of carbonyl (C=O) groups is 1. The zero-order valence-electron chi connectivity index (χ0n) is 13.7. The predicted octanol–water partition coefficient (Wildman–Crippen LogP) is 4.59. The van der Waals surface area contributed by atoms with Crippen molar-refractivity contribution < 1.29 is 4.79 Å². The van der Waals surface area contributed by atoms with Gasteiger partial charge in [0.2, 0.25) is 0 Å². The van der Waals surface area contributed by atoms with Gasteiger partial charge in [0.25, 0.3) is 5.91 Å². The molecule has 5 heteroatoms. The van der Waals surface area contributed by atoms with Crippen molar-refractivity contribution in [2.75, 3.05) is 23.3 Å². The Morgan fingerprint density at radius 1 is 1.08 bits per heavy atom. The maximum atomic E-state index is 12.3. The van der Waals surface area contributed by atoms with E-state index in [0.717, 1.165) is 23.1 Å². The molecule has 1 heterocycles. The van der Waals surface area contributed by atoms with Crippen LogP contribution in [0.15, 0.2) is 58.6 Å². The van der Waals surface area contributed by atoms with Gasteiger partial charge in [0.15, 0.2) is 0 Å². The van der Waals surface area contributed by atoms with Gasteiger partial charge in [0.05, 0.1) is 0 Å². The summed E-state index contributed by atoms with van der Waals surface area (Å²) in [7, 11) is 0. The van der Waals surface area contributed by atoms with Crippen LogP contribution in [0, 0.1) is 11.3 Å². The summed E-state index contributed by atoms with van der Waals surface area (Å²) in [6.45, 7) is 2.18. The van der Waals surface area contributed by atoms with Crippen LogP contribution < -0.4 is 10.2 Å². The first-order valence-electron chi connectivity index (χ1n) is 8.19. The number of anilines is 2. The van der Waals surface area contributed by atoms with Gasteiger partial charge in [-0.1, -0.05) is 28.1 Å². The number of nitrogens with zero attached hydrogens (tertiary/aromatic N) is 2. The summed E-state index contributed by atoms with van der Waals surface area (Å²) in [5.74, 6) is -0.409. The summed E-state index contributed by atoms with van der Waals surface area (Å²) < 4.78 is 0.930. The molecule has 4 nitrogen and oxygen atoms in total. The van der Waals surface area contributed by atoms with Crippen molar-refractivity contribution in [3.05, 3.63) is 64.1 Å². The van der Waals surface area contributed by atoms with Crippen molar-refractivity contribution in [2.45, 2.75) is 12.8 Å². The van der Waals surface area contributed by atoms with Crippen molar-refractivity contribution in [3.8, 4) is 6.07 Å². The lowest BCUT2D eigenvalue weighted by atomic mass is 10.1. The van der Waals surface area contributed by atoms with E-state index < -0.39 is 5.91 Å². The third-order valence-corrected chi connectivity index (χ3v) is 4.67. The second kappa shape index (κ2) is 8.00. The van der Waals surface area contributed by atoms with E-state index in [9.17, 15) is 10.1 Å². The highest BCUT2D eigenvalue weighted by atomic mass is 79.9. The number of rotatable bonds is 4. The Bertz CT molecular complexity index is 814. The molecule has 0 aromatic heterocycles. The first kappa shape index (κ1) is 17.2. The van der Waals surface area contributed by atoms with Crippen LogP contribution in [0.25, 0.3) is 6.08 Å². The lowest BCUT2D eigenvalue weighted by Crippen LogP contribution is -2.17. The number of hydrogen-bond acceptors (Lipinski definition) is 3. The molecule has 2 aromatic carbocycles. The molecule has 0 aliphatic carbocycles. The standard InChI is InChI=1S/C20H18BrN3O/c21-17-5-7-18(8-6-17)23-20(25)16(14-22)13-15-3-9-19(10-4-15)24-11-1-2-12-24/h3-10,13H,1-2,11-12H2,(H,23,25)/b16-13-. The first-order valence-corrected chi connectivity index (χ1v) is 8.99. The number of nitrogens with one attached hydrogen (secondary N) is 1. The maximum Gasteiger partial charge on any atom is 0.266 e. The van der Waals surface area contributed by atoms with Gasteiger partial charge in [-0.3, -0.25) is 4.79 Å². The first-order chi connectivity index (χ1) is 12.2. The number of halogens is 1. The third-order valence-electron chi connectivity index (χ3n) is 4.14. The predicted molar refractivity (Wildman–Crippen MR) is 104 cm³/mol. The van der Waals surface area contributed by atoms with E-state index in [1.165, 1.54) is 18.5 Å². The SMILES string of the molecule is N#C/C(=C/c1ccc(N2CCCC2)cc1)C(=O)Nc1ccc(Br)cc1. The Morgan fingerprint density at radius 3 is 2.32 bits per heavy atom. The van der Waals surface area contributed by atoms with Gasteiger partial charge in [-0.15, -0.1) is 0 Å². The highest BCUT2D eigenvalue weighted by Gasteiger charge is 2.12. The minimum absolute atomic E-state index is 0.0804. The summed E-state index contributed by atoms with van der Waals surface area (Å²) >= 11 is 3.35. The highest BCUT2D eigenvalue weighted by Crippen LogP contribution is 2.21. The number of carbonyl (C=O) groups excluding carboxylic acids is 1. The number of nitriles is 1. The molecule has 0 unspecified atom stereocenters. The molecule has 126 valence electrons. The average molecular weight is 396 g/mol. The van der Waals surface area contributed by atoms with Crippen LogP contribution in [0.4, 0.5) is 11.4 Å².